The van der Waals surface area contributed by atoms with Gasteiger partial charge in [-0.05, 0) is 12.8 Å². The fourth-order valence-corrected chi connectivity index (χ4v) is 1.43. The first-order valence-corrected chi connectivity index (χ1v) is 4.99. The van der Waals surface area contributed by atoms with Crippen molar-refractivity contribution in [3.8, 4) is 0 Å². The van der Waals surface area contributed by atoms with Crippen LogP contribution in [0.3, 0.4) is 0 Å². The minimum atomic E-state index is -0.972. The van der Waals surface area contributed by atoms with E-state index in [1.165, 1.54) is 0 Å². The molecule has 0 aromatic rings. The SMILES string of the molecule is O=C1NCCCC1C(=O)NCC(O)CO. The van der Waals surface area contributed by atoms with E-state index < -0.39 is 18.6 Å². The molecule has 2 atom stereocenters. The molecule has 4 N–H and O–H groups in total. The number of hydrogen-bond donors (Lipinski definition) is 4. The molecular formula is C9H16N2O4. The van der Waals surface area contributed by atoms with E-state index in [2.05, 4.69) is 10.6 Å². The van der Waals surface area contributed by atoms with Crippen molar-refractivity contribution < 1.29 is 19.8 Å². The van der Waals surface area contributed by atoms with Crippen LogP contribution in [-0.4, -0.2) is 47.8 Å². The highest BCUT2D eigenvalue weighted by Crippen LogP contribution is 2.10. The summed E-state index contributed by atoms with van der Waals surface area (Å²) in [5.74, 6) is -1.32. The molecule has 6 heteroatoms. The first kappa shape index (κ1) is 11.9. The van der Waals surface area contributed by atoms with Gasteiger partial charge in [-0.25, -0.2) is 0 Å². The molecule has 2 amide bonds. The van der Waals surface area contributed by atoms with Gasteiger partial charge in [-0.15, -0.1) is 0 Å². The van der Waals surface area contributed by atoms with Crippen molar-refractivity contribution in [2.24, 2.45) is 5.92 Å². The highest BCUT2D eigenvalue weighted by molar-refractivity contribution is 6.00. The van der Waals surface area contributed by atoms with Gasteiger partial charge in [-0.2, -0.15) is 0 Å². The van der Waals surface area contributed by atoms with Crippen LogP contribution in [-0.2, 0) is 9.59 Å². The fraction of sp³-hybridized carbons (Fsp3) is 0.778. The Balaban J connectivity index is 2.35. The second-order valence-corrected chi connectivity index (χ2v) is 3.57. The van der Waals surface area contributed by atoms with Gasteiger partial charge in [0.25, 0.3) is 0 Å². The van der Waals surface area contributed by atoms with Crippen molar-refractivity contribution in [1.29, 1.82) is 0 Å². The topological polar surface area (TPSA) is 98.7 Å². The summed E-state index contributed by atoms with van der Waals surface area (Å²) in [5.41, 5.74) is 0. The van der Waals surface area contributed by atoms with Gasteiger partial charge in [0.15, 0.2) is 0 Å². The van der Waals surface area contributed by atoms with E-state index in [9.17, 15) is 9.59 Å². The Bertz CT molecular complexity index is 244. The van der Waals surface area contributed by atoms with Crippen molar-refractivity contribution in [3.05, 3.63) is 0 Å². The summed E-state index contributed by atoms with van der Waals surface area (Å²) < 4.78 is 0. The molecule has 1 rings (SSSR count). The number of hydrogen-bond acceptors (Lipinski definition) is 4. The maximum atomic E-state index is 11.5. The molecule has 0 spiro atoms. The summed E-state index contributed by atoms with van der Waals surface area (Å²) in [6.07, 6.45) is 0.347. The van der Waals surface area contributed by atoms with Crippen LogP contribution in [0.15, 0.2) is 0 Å². The van der Waals surface area contributed by atoms with Crippen LogP contribution >= 0.6 is 0 Å². The van der Waals surface area contributed by atoms with Crippen molar-refractivity contribution in [1.82, 2.24) is 10.6 Å². The van der Waals surface area contributed by atoms with Gasteiger partial charge >= 0.3 is 0 Å². The van der Waals surface area contributed by atoms with Crippen molar-refractivity contribution in [2.45, 2.75) is 18.9 Å². The first-order valence-electron chi connectivity index (χ1n) is 4.99. The van der Waals surface area contributed by atoms with E-state index in [1.54, 1.807) is 0 Å². The van der Waals surface area contributed by atoms with E-state index in [-0.39, 0.29) is 18.4 Å². The molecule has 1 saturated heterocycles. The zero-order chi connectivity index (χ0) is 11.3. The molecule has 1 fully saturated rings. The Hall–Kier alpha value is -1.14. The second-order valence-electron chi connectivity index (χ2n) is 3.57. The van der Waals surface area contributed by atoms with Gasteiger partial charge in [-0.1, -0.05) is 0 Å². The maximum absolute atomic E-state index is 11.5. The maximum Gasteiger partial charge on any atom is 0.232 e. The molecule has 0 aliphatic carbocycles. The van der Waals surface area contributed by atoms with Gasteiger partial charge in [0.05, 0.1) is 12.7 Å². The second kappa shape index (κ2) is 5.67. The smallest absolute Gasteiger partial charge is 0.232 e. The minimum absolute atomic E-state index is 0.0287. The summed E-state index contributed by atoms with van der Waals surface area (Å²) in [5, 5.41) is 22.6. The van der Waals surface area contributed by atoms with Crippen LogP contribution in [0.5, 0.6) is 0 Å². The number of piperidine rings is 1. The molecule has 0 bridgehead atoms. The summed E-state index contributed by atoms with van der Waals surface area (Å²) >= 11 is 0. The average molecular weight is 216 g/mol. The van der Waals surface area contributed by atoms with Crippen LogP contribution in [0.1, 0.15) is 12.8 Å². The monoisotopic (exact) mass is 216 g/mol. The zero-order valence-corrected chi connectivity index (χ0v) is 8.40. The quantitative estimate of drug-likeness (QED) is 0.408. The number of nitrogens with one attached hydrogen (secondary N) is 2. The van der Waals surface area contributed by atoms with Crippen molar-refractivity contribution >= 4 is 11.8 Å². The van der Waals surface area contributed by atoms with E-state index in [0.717, 1.165) is 6.42 Å². The number of rotatable bonds is 4. The Morgan fingerprint density at radius 3 is 3.00 bits per heavy atom. The van der Waals surface area contributed by atoms with E-state index >= 15 is 0 Å². The normalized spacial score (nSPS) is 23.1. The van der Waals surface area contributed by atoms with Crippen molar-refractivity contribution in [2.75, 3.05) is 19.7 Å². The first-order chi connectivity index (χ1) is 7.15. The number of amides is 2. The average Bonchev–Trinajstić information content (AvgIpc) is 2.26. The third-order valence-electron chi connectivity index (χ3n) is 2.32. The lowest BCUT2D eigenvalue weighted by Gasteiger charge is -2.21. The van der Waals surface area contributed by atoms with E-state index in [0.29, 0.717) is 13.0 Å². The molecule has 86 valence electrons. The van der Waals surface area contributed by atoms with Crippen LogP contribution in [0.2, 0.25) is 0 Å². The zero-order valence-electron chi connectivity index (χ0n) is 8.40. The predicted octanol–water partition coefficient (Wildman–Crippen LogP) is -2.02. The standard InChI is InChI=1S/C9H16N2O4/c12-5-6(13)4-11-9(15)7-2-1-3-10-8(7)14/h6-7,12-13H,1-5H2,(H,10,14)(H,11,15). The van der Waals surface area contributed by atoms with E-state index in [4.69, 9.17) is 10.2 Å². The van der Waals surface area contributed by atoms with Gasteiger partial charge in [-0.3, -0.25) is 9.59 Å². The number of carbonyl (C=O) groups is 2. The molecule has 2 unspecified atom stereocenters. The number of aliphatic hydroxyl groups excluding tert-OH is 2. The molecule has 6 nitrogen and oxygen atoms in total. The summed E-state index contributed by atoms with van der Waals surface area (Å²) in [6.45, 7) is 0.179. The molecule has 15 heavy (non-hydrogen) atoms. The predicted molar refractivity (Wildman–Crippen MR) is 51.8 cm³/mol. The van der Waals surface area contributed by atoms with Crippen LogP contribution in [0, 0.1) is 5.92 Å². The molecule has 0 saturated carbocycles. The summed E-state index contributed by atoms with van der Waals surface area (Å²) in [6, 6.07) is 0. The highest BCUT2D eigenvalue weighted by Gasteiger charge is 2.28. The van der Waals surface area contributed by atoms with Gasteiger partial charge in [0, 0.05) is 13.1 Å². The number of carbonyl (C=O) groups excluding carboxylic acids is 2. The molecule has 1 aliphatic heterocycles. The third kappa shape index (κ3) is 3.49. The van der Waals surface area contributed by atoms with Crippen LogP contribution in [0.4, 0.5) is 0 Å². The fourth-order valence-electron chi connectivity index (χ4n) is 1.43. The lowest BCUT2D eigenvalue weighted by Crippen LogP contribution is -2.46. The Kier molecular flexibility index (Phi) is 4.51. The lowest BCUT2D eigenvalue weighted by atomic mass is 9.98. The van der Waals surface area contributed by atoms with E-state index in [1.807, 2.05) is 0 Å². The summed E-state index contributed by atoms with van der Waals surface area (Å²) in [7, 11) is 0. The Morgan fingerprint density at radius 1 is 1.67 bits per heavy atom. The van der Waals surface area contributed by atoms with Gasteiger partial charge < -0.3 is 20.8 Å². The molecule has 0 radical (unpaired) electrons. The summed E-state index contributed by atoms with van der Waals surface area (Å²) in [4.78, 5) is 22.7. The highest BCUT2D eigenvalue weighted by atomic mass is 16.3. The van der Waals surface area contributed by atoms with Crippen LogP contribution < -0.4 is 10.6 Å². The van der Waals surface area contributed by atoms with Gasteiger partial charge in [0.2, 0.25) is 11.8 Å². The molecule has 1 aliphatic rings. The lowest BCUT2D eigenvalue weighted by molar-refractivity contribution is -0.137. The van der Waals surface area contributed by atoms with Crippen LogP contribution in [0.25, 0.3) is 0 Å². The molecule has 0 aromatic carbocycles. The Morgan fingerprint density at radius 2 is 2.40 bits per heavy atom. The molecule has 0 aromatic heterocycles. The molecule has 1 heterocycles. The van der Waals surface area contributed by atoms with Crippen molar-refractivity contribution in [3.63, 3.8) is 0 Å². The Labute approximate surface area is 87.7 Å². The third-order valence-corrected chi connectivity index (χ3v) is 2.32. The van der Waals surface area contributed by atoms with Gasteiger partial charge in [0.1, 0.15) is 5.92 Å². The minimum Gasteiger partial charge on any atom is -0.394 e. The number of aliphatic hydroxyl groups is 2. The molecular weight excluding hydrogens is 200 g/mol. The largest absolute Gasteiger partial charge is 0.394 e.